The largest absolute Gasteiger partial charge is 0.496 e. The molecule has 206 valence electrons. The Labute approximate surface area is 228 Å². The standard InChI is InChI=1S/C28H34BN3O7/c1-27(2)28(3,4)39-29(38-27)18-10-13-24(30-16-18)37-15-6-5-14-36-22-9-7-8-19-20(22)17-32(26(19)35)21-11-12-23(33)31-25(21)34/h7-10,13,16,21H,5-6,11-12,14-15,17H2,1-4H3,(H,31,33,34). The van der Waals surface area contributed by atoms with E-state index in [1.54, 1.807) is 18.3 Å². The zero-order chi connectivity index (χ0) is 27.8. The molecule has 0 bridgehead atoms. The lowest BCUT2D eigenvalue weighted by atomic mass is 9.80. The summed E-state index contributed by atoms with van der Waals surface area (Å²) in [7, 11) is -0.459. The van der Waals surface area contributed by atoms with Crippen molar-refractivity contribution in [1.29, 1.82) is 0 Å². The molecule has 11 heteroatoms. The fourth-order valence-electron chi connectivity index (χ4n) is 4.85. The lowest BCUT2D eigenvalue weighted by Gasteiger charge is -2.32. The van der Waals surface area contributed by atoms with Gasteiger partial charge in [-0.25, -0.2) is 4.98 Å². The lowest BCUT2D eigenvalue weighted by molar-refractivity contribution is -0.136. The lowest BCUT2D eigenvalue weighted by Crippen LogP contribution is -2.52. The zero-order valence-corrected chi connectivity index (χ0v) is 22.8. The van der Waals surface area contributed by atoms with Crippen LogP contribution in [0.2, 0.25) is 0 Å². The van der Waals surface area contributed by atoms with Crippen LogP contribution in [0.25, 0.3) is 0 Å². The number of nitrogens with one attached hydrogen (secondary N) is 1. The van der Waals surface area contributed by atoms with Gasteiger partial charge in [0, 0.05) is 29.2 Å². The number of rotatable bonds is 9. The van der Waals surface area contributed by atoms with E-state index < -0.39 is 30.3 Å². The van der Waals surface area contributed by atoms with Gasteiger partial charge in [0.15, 0.2) is 0 Å². The average molecular weight is 535 g/mol. The molecule has 0 radical (unpaired) electrons. The topological polar surface area (TPSA) is 116 Å². The Kier molecular flexibility index (Phi) is 7.39. The maximum atomic E-state index is 12.9. The molecule has 1 aromatic heterocycles. The molecular formula is C28H34BN3O7. The number of imide groups is 1. The quantitative estimate of drug-likeness (QED) is 0.296. The van der Waals surface area contributed by atoms with Crippen molar-refractivity contribution in [3.8, 4) is 11.6 Å². The summed E-state index contributed by atoms with van der Waals surface area (Å²) in [6, 6.07) is 8.43. The van der Waals surface area contributed by atoms with Gasteiger partial charge in [0.2, 0.25) is 17.7 Å². The molecule has 1 N–H and O–H groups in total. The van der Waals surface area contributed by atoms with Gasteiger partial charge in [0.25, 0.3) is 5.91 Å². The van der Waals surface area contributed by atoms with E-state index >= 15 is 0 Å². The number of unbranched alkanes of at least 4 members (excludes halogenated alkanes) is 1. The third-order valence-corrected chi connectivity index (χ3v) is 7.87. The fraction of sp³-hybridized carbons (Fsp3) is 0.500. The van der Waals surface area contributed by atoms with Gasteiger partial charge in [0.05, 0.1) is 31.0 Å². The van der Waals surface area contributed by atoms with Crippen LogP contribution in [0.5, 0.6) is 11.6 Å². The van der Waals surface area contributed by atoms with Crippen LogP contribution in [-0.4, -0.2) is 65.2 Å². The molecule has 0 saturated carbocycles. The van der Waals surface area contributed by atoms with Gasteiger partial charge in [0.1, 0.15) is 11.8 Å². The second-order valence-corrected chi connectivity index (χ2v) is 11.1. The van der Waals surface area contributed by atoms with Gasteiger partial charge < -0.3 is 23.7 Å². The van der Waals surface area contributed by atoms with E-state index in [2.05, 4.69) is 10.3 Å². The molecule has 2 fully saturated rings. The maximum Gasteiger partial charge on any atom is 0.496 e. The molecule has 4 heterocycles. The molecule has 39 heavy (non-hydrogen) atoms. The Morgan fingerprint density at radius 1 is 1.03 bits per heavy atom. The summed E-state index contributed by atoms with van der Waals surface area (Å²) in [6.07, 6.45) is 3.78. The number of carbonyl (C=O) groups excluding carboxylic acids is 3. The normalized spacial score (nSPS) is 21.6. The zero-order valence-electron chi connectivity index (χ0n) is 22.8. The third kappa shape index (κ3) is 5.51. The maximum absolute atomic E-state index is 12.9. The molecule has 2 saturated heterocycles. The highest BCUT2D eigenvalue weighted by molar-refractivity contribution is 6.62. The first-order valence-electron chi connectivity index (χ1n) is 13.4. The summed E-state index contributed by atoms with van der Waals surface area (Å²) in [5.41, 5.74) is 1.35. The molecule has 0 spiro atoms. The number of ether oxygens (including phenoxy) is 2. The van der Waals surface area contributed by atoms with Gasteiger partial charge in [-0.15, -0.1) is 0 Å². The summed E-state index contributed by atoms with van der Waals surface area (Å²) in [5, 5.41) is 2.32. The van der Waals surface area contributed by atoms with Gasteiger partial charge in [-0.3, -0.25) is 19.7 Å². The Bertz CT molecular complexity index is 1250. The minimum absolute atomic E-state index is 0.213. The summed E-state index contributed by atoms with van der Waals surface area (Å²) in [6.45, 7) is 9.30. The number of piperidine rings is 1. The van der Waals surface area contributed by atoms with Gasteiger partial charge in [-0.2, -0.15) is 0 Å². The highest BCUT2D eigenvalue weighted by atomic mass is 16.7. The van der Waals surface area contributed by atoms with Crippen LogP contribution in [0.15, 0.2) is 36.5 Å². The minimum Gasteiger partial charge on any atom is -0.493 e. The van der Waals surface area contributed by atoms with Crippen molar-refractivity contribution in [1.82, 2.24) is 15.2 Å². The molecule has 0 aliphatic carbocycles. The molecule has 1 atom stereocenters. The van der Waals surface area contributed by atoms with Crippen molar-refractivity contribution in [2.45, 2.75) is 77.2 Å². The number of nitrogens with zero attached hydrogens (tertiary/aromatic N) is 2. The number of pyridine rings is 1. The minimum atomic E-state index is -0.646. The molecule has 2 aromatic rings. The predicted molar refractivity (Wildman–Crippen MR) is 143 cm³/mol. The number of hydrogen-bond donors (Lipinski definition) is 1. The van der Waals surface area contributed by atoms with E-state index in [-0.39, 0.29) is 24.8 Å². The molecule has 1 aromatic carbocycles. The van der Waals surface area contributed by atoms with Crippen molar-refractivity contribution in [2.24, 2.45) is 0 Å². The van der Waals surface area contributed by atoms with E-state index in [1.165, 1.54) is 4.90 Å². The van der Waals surface area contributed by atoms with E-state index in [1.807, 2.05) is 45.9 Å². The number of fused-ring (bicyclic) bond motifs is 1. The monoisotopic (exact) mass is 535 g/mol. The van der Waals surface area contributed by atoms with Gasteiger partial charge in [-0.05, 0) is 65.2 Å². The number of hydrogen-bond acceptors (Lipinski definition) is 8. The van der Waals surface area contributed by atoms with Crippen LogP contribution in [0.4, 0.5) is 0 Å². The van der Waals surface area contributed by atoms with E-state index in [4.69, 9.17) is 18.8 Å². The van der Waals surface area contributed by atoms with E-state index in [9.17, 15) is 14.4 Å². The fourth-order valence-corrected chi connectivity index (χ4v) is 4.85. The van der Waals surface area contributed by atoms with Crippen molar-refractivity contribution in [3.05, 3.63) is 47.7 Å². The van der Waals surface area contributed by atoms with Gasteiger partial charge >= 0.3 is 7.12 Å². The molecule has 1 unspecified atom stereocenters. The number of benzene rings is 1. The molecule has 3 amide bonds. The third-order valence-electron chi connectivity index (χ3n) is 7.87. The van der Waals surface area contributed by atoms with Crippen LogP contribution in [0.1, 0.15) is 69.3 Å². The number of aromatic nitrogens is 1. The average Bonchev–Trinajstić information content (AvgIpc) is 3.33. The van der Waals surface area contributed by atoms with Crippen LogP contribution in [0.3, 0.4) is 0 Å². The van der Waals surface area contributed by atoms with Gasteiger partial charge in [-0.1, -0.05) is 12.1 Å². The van der Waals surface area contributed by atoms with Crippen molar-refractivity contribution in [2.75, 3.05) is 13.2 Å². The van der Waals surface area contributed by atoms with Crippen LogP contribution >= 0.6 is 0 Å². The molecular weight excluding hydrogens is 501 g/mol. The van der Waals surface area contributed by atoms with Crippen molar-refractivity contribution in [3.63, 3.8) is 0 Å². The van der Waals surface area contributed by atoms with Crippen LogP contribution < -0.4 is 20.3 Å². The van der Waals surface area contributed by atoms with Crippen molar-refractivity contribution < 1.29 is 33.2 Å². The molecule has 3 aliphatic rings. The van der Waals surface area contributed by atoms with Crippen LogP contribution in [0, 0.1) is 0 Å². The highest BCUT2D eigenvalue weighted by Gasteiger charge is 2.51. The summed E-state index contributed by atoms with van der Waals surface area (Å²) in [4.78, 5) is 42.6. The Morgan fingerprint density at radius 2 is 1.74 bits per heavy atom. The summed E-state index contributed by atoms with van der Waals surface area (Å²) < 4.78 is 23.9. The Balaban J connectivity index is 1.07. The molecule has 5 rings (SSSR count). The highest BCUT2D eigenvalue weighted by Crippen LogP contribution is 2.36. The summed E-state index contributed by atoms with van der Waals surface area (Å²) >= 11 is 0. The van der Waals surface area contributed by atoms with Crippen molar-refractivity contribution >= 4 is 30.3 Å². The number of amides is 3. The van der Waals surface area contributed by atoms with Crippen LogP contribution in [-0.2, 0) is 25.4 Å². The Hall–Kier alpha value is -3.44. The second-order valence-electron chi connectivity index (χ2n) is 11.1. The first kappa shape index (κ1) is 27.1. The molecule has 3 aliphatic heterocycles. The second kappa shape index (κ2) is 10.6. The first-order chi connectivity index (χ1) is 18.6. The number of carbonyl (C=O) groups is 3. The molecule has 10 nitrogen and oxygen atoms in total. The van der Waals surface area contributed by atoms with E-state index in [0.717, 1.165) is 23.9 Å². The predicted octanol–water partition coefficient (Wildman–Crippen LogP) is 2.38. The SMILES string of the molecule is CC1(C)OB(c2ccc(OCCCCOc3cccc4c3CN(C3CCC(=O)NC3=O)C4=O)nc2)OC1(C)C. The smallest absolute Gasteiger partial charge is 0.493 e. The summed E-state index contributed by atoms with van der Waals surface area (Å²) in [5.74, 6) is 0.228. The van der Waals surface area contributed by atoms with E-state index in [0.29, 0.717) is 36.8 Å². The first-order valence-corrected chi connectivity index (χ1v) is 13.4. The Morgan fingerprint density at radius 3 is 2.41 bits per heavy atom.